The number of benzene rings is 1. The molecule has 122 valence electrons. The van der Waals surface area contributed by atoms with Crippen LogP contribution in [0, 0.1) is 0 Å². The molecule has 2 heterocycles. The van der Waals surface area contributed by atoms with Crippen LogP contribution in [0.3, 0.4) is 0 Å². The summed E-state index contributed by atoms with van der Waals surface area (Å²) in [6.45, 7) is 2.86. The molecule has 3 rings (SSSR count). The van der Waals surface area contributed by atoms with Crippen LogP contribution in [0.2, 0.25) is 0 Å². The molecule has 24 heavy (non-hydrogen) atoms. The molecule has 2 N–H and O–H groups in total. The van der Waals surface area contributed by atoms with E-state index < -0.39 is 0 Å². The van der Waals surface area contributed by atoms with E-state index in [0.29, 0.717) is 22.9 Å². The lowest BCUT2D eigenvalue weighted by Crippen LogP contribution is -2.13. The van der Waals surface area contributed by atoms with Crippen LogP contribution in [-0.2, 0) is 0 Å². The van der Waals surface area contributed by atoms with Crippen molar-refractivity contribution < 1.29 is 9.53 Å². The Morgan fingerprint density at radius 2 is 1.79 bits per heavy atom. The lowest BCUT2D eigenvalue weighted by Gasteiger charge is -2.07. The Labute approximate surface area is 139 Å². The Bertz CT molecular complexity index is 863. The van der Waals surface area contributed by atoms with Crippen LogP contribution in [0.15, 0.2) is 48.5 Å². The van der Waals surface area contributed by atoms with Crippen molar-refractivity contribution in [3.8, 4) is 5.88 Å². The number of fused-ring (bicyclic) bond motifs is 1. The second kappa shape index (κ2) is 6.95. The normalized spacial score (nSPS) is 10.4. The monoisotopic (exact) mass is 322 g/mol. The number of hydrogen-bond acceptors (Lipinski definition) is 5. The molecule has 0 radical (unpaired) electrons. The van der Waals surface area contributed by atoms with Crippen LogP contribution < -0.4 is 15.4 Å². The van der Waals surface area contributed by atoms with Crippen molar-refractivity contribution in [2.45, 2.75) is 6.92 Å². The molecule has 3 aromatic rings. The van der Waals surface area contributed by atoms with Crippen molar-refractivity contribution in [3.63, 3.8) is 0 Å². The largest absolute Gasteiger partial charge is 0.481 e. The summed E-state index contributed by atoms with van der Waals surface area (Å²) >= 11 is 0. The molecule has 0 aliphatic rings. The Morgan fingerprint density at radius 1 is 1.04 bits per heavy atom. The van der Waals surface area contributed by atoms with E-state index in [1.54, 1.807) is 31.4 Å². The van der Waals surface area contributed by atoms with Gasteiger partial charge in [0.05, 0.1) is 7.11 Å². The van der Waals surface area contributed by atoms with Crippen LogP contribution in [-0.4, -0.2) is 29.5 Å². The molecule has 1 amide bonds. The van der Waals surface area contributed by atoms with Gasteiger partial charge in [0, 0.05) is 29.2 Å². The van der Waals surface area contributed by atoms with Gasteiger partial charge in [0.15, 0.2) is 5.65 Å². The highest BCUT2D eigenvalue weighted by Gasteiger charge is 2.08. The first-order valence-corrected chi connectivity index (χ1v) is 7.66. The predicted molar refractivity (Wildman–Crippen MR) is 94.6 cm³/mol. The summed E-state index contributed by atoms with van der Waals surface area (Å²) in [6.07, 6.45) is 0. The third kappa shape index (κ3) is 3.43. The fourth-order valence-electron chi connectivity index (χ4n) is 2.30. The lowest BCUT2D eigenvalue weighted by molar-refractivity contribution is 0.102. The summed E-state index contributed by atoms with van der Waals surface area (Å²) in [6, 6.07) is 14.6. The summed E-state index contributed by atoms with van der Waals surface area (Å²) in [5.74, 6) is 0.717. The minimum absolute atomic E-state index is 0.215. The first-order chi connectivity index (χ1) is 11.7. The molecule has 0 aliphatic carbocycles. The molecule has 1 aromatic carbocycles. The van der Waals surface area contributed by atoms with Gasteiger partial charge in [-0.2, -0.15) is 4.98 Å². The average Bonchev–Trinajstić information content (AvgIpc) is 2.62. The van der Waals surface area contributed by atoms with Crippen LogP contribution >= 0.6 is 0 Å². The van der Waals surface area contributed by atoms with E-state index >= 15 is 0 Å². The zero-order valence-electron chi connectivity index (χ0n) is 13.5. The maximum absolute atomic E-state index is 12.3. The zero-order valence-corrected chi connectivity index (χ0v) is 13.5. The molecule has 2 aromatic heterocycles. The fraction of sp³-hybridized carbons (Fsp3) is 0.167. The average molecular weight is 322 g/mol. The van der Waals surface area contributed by atoms with E-state index in [1.165, 1.54) is 0 Å². The molecule has 0 unspecified atom stereocenters. The first-order valence-electron chi connectivity index (χ1n) is 7.66. The molecule has 0 bridgehead atoms. The molecular formula is C18H18N4O2. The Balaban J connectivity index is 1.79. The summed E-state index contributed by atoms with van der Waals surface area (Å²) in [4.78, 5) is 21.0. The highest BCUT2D eigenvalue weighted by Crippen LogP contribution is 2.18. The van der Waals surface area contributed by atoms with E-state index in [-0.39, 0.29) is 5.91 Å². The summed E-state index contributed by atoms with van der Waals surface area (Å²) in [5, 5.41) is 6.86. The number of aromatic nitrogens is 2. The number of pyridine rings is 2. The highest BCUT2D eigenvalue weighted by atomic mass is 16.5. The standard InChI is InChI=1S/C18H18N4O2/c1-3-19-14-8-4-13(5-9-14)18(23)21-15-10-6-12-7-11-16(24-2)22-17(12)20-15/h4-11,19H,3H2,1-2H3,(H,20,21,22,23). The van der Waals surface area contributed by atoms with Gasteiger partial charge in [-0.25, -0.2) is 4.98 Å². The lowest BCUT2D eigenvalue weighted by atomic mass is 10.2. The van der Waals surface area contributed by atoms with Gasteiger partial charge in [-0.3, -0.25) is 4.79 Å². The van der Waals surface area contributed by atoms with E-state index in [1.807, 2.05) is 31.2 Å². The topological polar surface area (TPSA) is 76.1 Å². The van der Waals surface area contributed by atoms with Crippen molar-refractivity contribution in [1.82, 2.24) is 9.97 Å². The van der Waals surface area contributed by atoms with Crippen molar-refractivity contribution in [3.05, 3.63) is 54.1 Å². The number of amides is 1. The number of methoxy groups -OCH3 is 1. The molecule has 0 atom stereocenters. The highest BCUT2D eigenvalue weighted by molar-refractivity contribution is 6.04. The Kier molecular flexibility index (Phi) is 4.56. The third-order valence-electron chi connectivity index (χ3n) is 3.51. The summed E-state index contributed by atoms with van der Waals surface area (Å²) in [5.41, 5.74) is 2.07. The van der Waals surface area contributed by atoms with Crippen molar-refractivity contribution in [2.75, 3.05) is 24.3 Å². The van der Waals surface area contributed by atoms with Crippen molar-refractivity contribution in [2.24, 2.45) is 0 Å². The van der Waals surface area contributed by atoms with Gasteiger partial charge in [0.25, 0.3) is 5.91 Å². The van der Waals surface area contributed by atoms with E-state index in [2.05, 4.69) is 20.6 Å². The Morgan fingerprint density at radius 3 is 2.50 bits per heavy atom. The van der Waals surface area contributed by atoms with Crippen LogP contribution in [0.4, 0.5) is 11.5 Å². The molecule has 6 nitrogen and oxygen atoms in total. The number of hydrogen-bond donors (Lipinski definition) is 2. The third-order valence-corrected chi connectivity index (χ3v) is 3.51. The summed E-state index contributed by atoms with van der Waals surface area (Å²) in [7, 11) is 1.55. The van der Waals surface area contributed by atoms with Crippen molar-refractivity contribution in [1.29, 1.82) is 0 Å². The molecular weight excluding hydrogens is 304 g/mol. The van der Waals surface area contributed by atoms with Gasteiger partial charge in [-0.1, -0.05) is 0 Å². The van der Waals surface area contributed by atoms with Gasteiger partial charge in [0.1, 0.15) is 5.82 Å². The van der Waals surface area contributed by atoms with Gasteiger partial charge < -0.3 is 15.4 Å². The molecule has 6 heteroatoms. The molecule has 0 aliphatic heterocycles. The number of nitrogens with zero attached hydrogens (tertiary/aromatic N) is 2. The molecule has 0 spiro atoms. The zero-order chi connectivity index (χ0) is 16.9. The van der Waals surface area contributed by atoms with E-state index in [9.17, 15) is 4.79 Å². The number of carbonyl (C=O) groups is 1. The smallest absolute Gasteiger partial charge is 0.256 e. The van der Waals surface area contributed by atoms with Crippen LogP contribution in [0.25, 0.3) is 11.0 Å². The van der Waals surface area contributed by atoms with Gasteiger partial charge in [-0.05, 0) is 49.4 Å². The summed E-state index contributed by atoms with van der Waals surface area (Å²) < 4.78 is 5.10. The Hall–Kier alpha value is -3.15. The van der Waals surface area contributed by atoms with Gasteiger partial charge in [-0.15, -0.1) is 0 Å². The van der Waals surface area contributed by atoms with E-state index in [4.69, 9.17) is 4.74 Å². The fourth-order valence-corrected chi connectivity index (χ4v) is 2.30. The van der Waals surface area contributed by atoms with Crippen LogP contribution in [0.5, 0.6) is 5.88 Å². The maximum Gasteiger partial charge on any atom is 0.256 e. The number of rotatable bonds is 5. The van der Waals surface area contributed by atoms with Crippen LogP contribution in [0.1, 0.15) is 17.3 Å². The second-order valence-corrected chi connectivity index (χ2v) is 5.16. The minimum Gasteiger partial charge on any atom is -0.481 e. The minimum atomic E-state index is -0.215. The molecule has 0 saturated carbocycles. The predicted octanol–water partition coefficient (Wildman–Crippen LogP) is 3.32. The number of anilines is 2. The van der Waals surface area contributed by atoms with Crippen molar-refractivity contribution >= 4 is 28.4 Å². The molecule has 0 saturated heterocycles. The molecule has 0 fully saturated rings. The quantitative estimate of drug-likeness (QED) is 0.753. The number of carbonyl (C=O) groups excluding carboxylic acids is 1. The number of nitrogens with one attached hydrogen (secondary N) is 2. The maximum atomic E-state index is 12.3. The second-order valence-electron chi connectivity index (χ2n) is 5.16. The van der Waals surface area contributed by atoms with E-state index in [0.717, 1.165) is 17.6 Å². The number of ether oxygens (including phenoxy) is 1. The first kappa shape index (κ1) is 15.7. The van der Waals surface area contributed by atoms with Gasteiger partial charge in [0.2, 0.25) is 5.88 Å². The van der Waals surface area contributed by atoms with Gasteiger partial charge >= 0.3 is 0 Å². The SMILES string of the molecule is CCNc1ccc(C(=O)Nc2ccc3ccc(OC)nc3n2)cc1.